The van der Waals surface area contributed by atoms with Gasteiger partial charge in [-0.15, -0.1) is 0 Å². The third-order valence-corrected chi connectivity index (χ3v) is 3.88. The van der Waals surface area contributed by atoms with Crippen molar-refractivity contribution in [1.29, 1.82) is 0 Å². The van der Waals surface area contributed by atoms with Crippen LogP contribution in [0.15, 0.2) is 58.7 Å². The molecule has 0 spiro atoms. The number of hydrogen-bond acceptors (Lipinski definition) is 3. The third-order valence-electron chi connectivity index (χ3n) is 2.99. The van der Waals surface area contributed by atoms with E-state index in [0.29, 0.717) is 10.6 Å². The van der Waals surface area contributed by atoms with Gasteiger partial charge in [0, 0.05) is 26.8 Å². The van der Waals surface area contributed by atoms with E-state index in [1.807, 2.05) is 13.0 Å². The molecule has 2 rings (SSSR count). The predicted molar refractivity (Wildman–Crippen MR) is 93.9 cm³/mol. The molecule has 0 fully saturated rings. The predicted octanol–water partition coefficient (Wildman–Crippen LogP) is 5.31. The Hall–Kier alpha value is -1.78. The maximum absolute atomic E-state index is 12.2. The zero-order chi connectivity index (χ0) is 16.1. The minimum Gasteiger partial charge on any atom is -0.497 e. The molecule has 0 bridgehead atoms. The van der Waals surface area contributed by atoms with Gasteiger partial charge in [-0.25, -0.2) is 0 Å². The quantitative estimate of drug-likeness (QED) is 0.564. The molecule has 0 atom stereocenters. The second-order valence-electron chi connectivity index (χ2n) is 4.67. The van der Waals surface area contributed by atoms with Gasteiger partial charge in [-0.1, -0.05) is 11.6 Å². The number of methoxy groups -OCH3 is 1. The smallest absolute Gasteiger partial charge is 0.187 e. The minimum absolute atomic E-state index is 0.0715. The van der Waals surface area contributed by atoms with E-state index in [4.69, 9.17) is 16.3 Å². The van der Waals surface area contributed by atoms with Crippen LogP contribution in [-0.2, 0) is 0 Å². The molecule has 0 amide bonds. The standard InChI is InChI=1S/C17H15BrClNO2/c1-11(20-16-8-5-13(19)10-15(16)18)9-17(21)12-3-6-14(22-2)7-4-12/h3-10,20H,1-2H3/b11-9+. The molecule has 22 heavy (non-hydrogen) atoms. The summed E-state index contributed by atoms with van der Waals surface area (Å²) in [6.45, 7) is 1.84. The largest absolute Gasteiger partial charge is 0.497 e. The molecule has 0 saturated heterocycles. The van der Waals surface area contributed by atoms with Crippen LogP contribution in [0.1, 0.15) is 17.3 Å². The van der Waals surface area contributed by atoms with E-state index in [2.05, 4.69) is 21.2 Å². The molecule has 0 radical (unpaired) electrons. The monoisotopic (exact) mass is 379 g/mol. The van der Waals surface area contributed by atoms with E-state index in [1.165, 1.54) is 0 Å². The van der Waals surface area contributed by atoms with Gasteiger partial charge in [0.05, 0.1) is 12.8 Å². The fourth-order valence-corrected chi connectivity index (χ4v) is 2.66. The summed E-state index contributed by atoms with van der Waals surface area (Å²) < 4.78 is 5.91. The van der Waals surface area contributed by atoms with Crippen LogP contribution in [0.4, 0.5) is 5.69 Å². The van der Waals surface area contributed by atoms with Crippen LogP contribution < -0.4 is 10.1 Å². The average Bonchev–Trinajstić information content (AvgIpc) is 2.50. The first-order valence-electron chi connectivity index (χ1n) is 6.58. The van der Waals surface area contributed by atoms with Gasteiger partial charge in [0.15, 0.2) is 5.78 Å². The van der Waals surface area contributed by atoms with Crippen LogP contribution >= 0.6 is 27.5 Å². The summed E-state index contributed by atoms with van der Waals surface area (Å²) in [6, 6.07) is 12.4. The van der Waals surface area contributed by atoms with Gasteiger partial charge < -0.3 is 10.1 Å². The summed E-state index contributed by atoms with van der Waals surface area (Å²) in [5, 5.41) is 3.82. The van der Waals surface area contributed by atoms with E-state index in [1.54, 1.807) is 49.6 Å². The highest BCUT2D eigenvalue weighted by molar-refractivity contribution is 9.10. The maximum atomic E-state index is 12.2. The van der Waals surface area contributed by atoms with E-state index in [9.17, 15) is 4.79 Å². The lowest BCUT2D eigenvalue weighted by molar-refractivity contribution is 0.104. The first-order chi connectivity index (χ1) is 10.5. The Morgan fingerprint density at radius 2 is 1.91 bits per heavy atom. The summed E-state index contributed by atoms with van der Waals surface area (Å²) in [4.78, 5) is 12.2. The fourth-order valence-electron chi connectivity index (χ4n) is 1.87. The van der Waals surface area contributed by atoms with Crippen LogP contribution in [0.2, 0.25) is 5.02 Å². The normalized spacial score (nSPS) is 11.2. The molecule has 5 heteroatoms. The number of ether oxygens (including phenoxy) is 1. The molecule has 114 valence electrons. The number of carbonyl (C=O) groups is 1. The van der Waals surface area contributed by atoms with Crippen LogP contribution in [0.25, 0.3) is 0 Å². The summed E-state index contributed by atoms with van der Waals surface area (Å²) in [6.07, 6.45) is 1.56. The second-order valence-corrected chi connectivity index (χ2v) is 5.96. The number of halogens is 2. The van der Waals surface area contributed by atoms with Gasteiger partial charge in [-0.05, 0) is 65.3 Å². The SMILES string of the molecule is COc1ccc(C(=O)/C=C(\C)Nc2ccc(Cl)cc2Br)cc1. The van der Waals surface area contributed by atoms with Gasteiger partial charge >= 0.3 is 0 Å². The lowest BCUT2D eigenvalue weighted by Crippen LogP contribution is -2.02. The molecule has 0 saturated carbocycles. The maximum Gasteiger partial charge on any atom is 0.187 e. The van der Waals surface area contributed by atoms with Gasteiger partial charge in [0.2, 0.25) is 0 Å². The van der Waals surface area contributed by atoms with Crippen molar-refractivity contribution in [3.05, 3.63) is 69.3 Å². The zero-order valence-corrected chi connectivity index (χ0v) is 14.5. The molecule has 1 N–H and O–H groups in total. The van der Waals surface area contributed by atoms with E-state index in [0.717, 1.165) is 21.6 Å². The molecule has 0 aromatic heterocycles. The van der Waals surface area contributed by atoms with Gasteiger partial charge in [-0.3, -0.25) is 4.79 Å². The Labute approximate surface area is 143 Å². The summed E-state index contributed by atoms with van der Waals surface area (Å²) in [5.41, 5.74) is 2.20. The minimum atomic E-state index is -0.0715. The van der Waals surface area contributed by atoms with Crippen LogP contribution in [0.3, 0.4) is 0 Å². The molecule has 0 unspecified atom stereocenters. The summed E-state index contributed by atoms with van der Waals surface area (Å²) in [7, 11) is 1.59. The Bertz CT molecular complexity index is 711. The molecule has 0 heterocycles. The number of anilines is 1. The van der Waals surface area contributed by atoms with Crippen molar-refractivity contribution < 1.29 is 9.53 Å². The Kier molecular flexibility index (Phi) is 5.63. The van der Waals surface area contributed by atoms with Crippen molar-refractivity contribution in [2.75, 3.05) is 12.4 Å². The second kappa shape index (κ2) is 7.47. The Morgan fingerprint density at radius 3 is 2.50 bits per heavy atom. The highest BCUT2D eigenvalue weighted by atomic mass is 79.9. The average molecular weight is 381 g/mol. The lowest BCUT2D eigenvalue weighted by atomic mass is 10.1. The molecule has 0 aliphatic carbocycles. The summed E-state index contributed by atoms with van der Waals surface area (Å²) in [5.74, 6) is 0.651. The van der Waals surface area contributed by atoms with Gasteiger partial charge in [-0.2, -0.15) is 0 Å². The number of allylic oxidation sites excluding steroid dienone is 2. The zero-order valence-electron chi connectivity index (χ0n) is 12.2. The fraction of sp³-hybridized carbons (Fsp3) is 0.118. The molecular formula is C17H15BrClNO2. The lowest BCUT2D eigenvalue weighted by Gasteiger charge is -2.09. The Morgan fingerprint density at radius 1 is 1.23 bits per heavy atom. The van der Waals surface area contributed by atoms with Crippen molar-refractivity contribution in [3.8, 4) is 5.75 Å². The molecule has 2 aromatic carbocycles. The van der Waals surface area contributed by atoms with Crippen LogP contribution in [0, 0.1) is 0 Å². The van der Waals surface area contributed by atoms with E-state index >= 15 is 0 Å². The number of ketones is 1. The number of carbonyl (C=O) groups excluding carboxylic acids is 1. The number of rotatable bonds is 5. The molecule has 3 nitrogen and oxygen atoms in total. The van der Waals surface area contributed by atoms with Crippen molar-refractivity contribution in [2.24, 2.45) is 0 Å². The van der Waals surface area contributed by atoms with Crippen molar-refractivity contribution >= 4 is 39.0 Å². The number of benzene rings is 2. The van der Waals surface area contributed by atoms with Crippen molar-refractivity contribution in [1.82, 2.24) is 0 Å². The number of hydrogen-bond donors (Lipinski definition) is 1. The van der Waals surface area contributed by atoms with Crippen molar-refractivity contribution in [3.63, 3.8) is 0 Å². The Balaban J connectivity index is 2.11. The molecule has 2 aromatic rings. The van der Waals surface area contributed by atoms with E-state index < -0.39 is 0 Å². The highest BCUT2D eigenvalue weighted by Gasteiger charge is 2.05. The number of nitrogens with one attached hydrogen (secondary N) is 1. The molecule has 0 aliphatic heterocycles. The van der Waals surface area contributed by atoms with Gasteiger partial charge in [0.25, 0.3) is 0 Å². The molecule has 0 aliphatic rings. The highest BCUT2D eigenvalue weighted by Crippen LogP contribution is 2.27. The third kappa shape index (κ3) is 4.36. The topological polar surface area (TPSA) is 38.3 Å². The summed E-state index contributed by atoms with van der Waals surface area (Å²) >= 11 is 9.34. The van der Waals surface area contributed by atoms with Gasteiger partial charge in [0.1, 0.15) is 5.75 Å². The van der Waals surface area contributed by atoms with Crippen LogP contribution in [0.5, 0.6) is 5.75 Å². The molecular weight excluding hydrogens is 366 g/mol. The van der Waals surface area contributed by atoms with E-state index in [-0.39, 0.29) is 5.78 Å². The first-order valence-corrected chi connectivity index (χ1v) is 7.75. The first kappa shape index (κ1) is 16.6. The van der Waals surface area contributed by atoms with Crippen molar-refractivity contribution in [2.45, 2.75) is 6.92 Å². The van der Waals surface area contributed by atoms with Crippen LogP contribution in [-0.4, -0.2) is 12.9 Å².